The van der Waals surface area contributed by atoms with Crippen molar-refractivity contribution in [3.8, 4) is 17.9 Å². The third kappa shape index (κ3) is 3.47. The van der Waals surface area contributed by atoms with Gasteiger partial charge in [0.25, 0.3) is 0 Å². The van der Waals surface area contributed by atoms with E-state index in [9.17, 15) is 8.42 Å². The first-order chi connectivity index (χ1) is 8.01. The standard InChI is InChI=1S/C11H9ClN2O2S/c1-2-3-6-14-17(15,16)10-5-4-9(8-13)11(12)7-10/h4-5,7,14H,6H2,1H3. The number of hydrogen-bond acceptors (Lipinski definition) is 3. The second-order valence-electron chi connectivity index (χ2n) is 3.00. The van der Waals surface area contributed by atoms with Crippen LogP contribution in [0.4, 0.5) is 0 Å². The van der Waals surface area contributed by atoms with Gasteiger partial charge < -0.3 is 0 Å². The van der Waals surface area contributed by atoms with Crippen LogP contribution in [-0.2, 0) is 10.0 Å². The van der Waals surface area contributed by atoms with Crippen LogP contribution >= 0.6 is 11.6 Å². The lowest BCUT2D eigenvalue weighted by Gasteiger charge is -2.04. The molecule has 0 atom stereocenters. The minimum absolute atomic E-state index is 0.0133. The normalized spacial score (nSPS) is 10.2. The van der Waals surface area contributed by atoms with Crippen LogP contribution in [0, 0.1) is 23.2 Å². The van der Waals surface area contributed by atoms with Crippen LogP contribution in [0.5, 0.6) is 0 Å². The Morgan fingerprint density at radius 2 is 2.18 bits per heavy atom. The molecule has 0 radical (unpaired) electrons. The maximum absolute atomic E-state index is 11.7. The zero-order valence-electron chi connectivity index (χ0n) is 8.99. The summed E-state index contributed by atoms with van der Waals surface area (Å²) in [5, 5.41) is 8.78. The van der Waals surface area contributed by atoms with Gasteiger partial charge in [0.2, 0.25) is 10.0 Å². The maximum Gasteiger partial charge on any atom is 0.241 e. The van der Waals surface area contributed by atoms with Gasteiger partial charge in [0.1, 0.15) is 6.07 Å². The maximum atomic E-state index is 11.7. The predicted molar refractivity (Wildman–Crippen MR) is 64.8 cm³/mol. The zero-order valence-corrected chi connectivity index (χ0v) is 10.6. The van der Waals surface area contributed by atoms with Crippen LogP contribution in [0.3, 0.4) is 0 Å². The van der Waals surface area contributed by atoms with Crippen molar-refractivity contribution >= 4 is 21.6 Å². The topological polar surface area (TPSA) is 70.0 Å². The molecule has 0 bridgehead atoms. The van der Waals surface area contributed by atoms with Crippen LogP contribution in [-0.4, -0.2) is 15.0 Å². The highest BCUT2D eigenvalue weighted by Gasteiger charge is 2.14. The van der Waals surface area contributed by atoms with Crippen LogP contribution in [0.1, 0.15) is 12.5 Å². The average Bonchev–Trinajstić information content (AvgIpc) is 2.29. The van der Waals surface area contributed by atoms with Crippen molar-refractivity contribution in [1.82, 2.24) is 4.72 Å². The van der Waals surface area contributed by atoms with Crippen LogP contribution in [0.15, 0.2) is 23.1 Å². The summed E-state index contributed by atoms with van der Waals surface area (Å²) in [4.78, 5) is 0.0133. The largest absolute Gasteiger partial charge is 0.241 e. The molecule has 1 rings (SSSR count). The first-order valence-corrected chi connectivity index (χ1v) is 6.46. The number of nitrogens with zero attached hydrogens (tertiary/aromatic N) is 1. The van der Waals surface area contributed by atoms with Crippen molar-refractivity contribution in [2.24, 2.45) is 0 Å². The highest BCUT2D eigenvalue weighted by molar-refractivity contribution is 7.89. The fourth-order valence-corrected chi connectivity index (χ4v) is 2.29. The van der Waals surface area contributed by atoms with Crippen molar-refractivity contribution in [2.45, 2.75) is 11.8 Å². The van der Waals surface area contributed by atoms with E-state index >= 15 is 0 Å². The van der Waals surface area contributed by atoms with Gasteiger partial charge in [-0.2, -0.15) is 9.98 Å². The Kier molecular flexibility index (Phi) is 4.53. The summed E-state index contributed by atoms with van der Waals surface area (Å²) in [6, 6.07) is 5.78. The third-order valence-corrected chi connectivity index (χ3v) is 3.61. The van der Waals surface area contributed by atoms with E-state index in [-0.39, 0.29) is 22.0 Å². The van der Waals surface area contributed by atoms with Gasteiger partial charge in [0.05, 0.1) is 22.0 Å². The van der Waals surface area contributed by atoms with Gasteiger partial charge in [-0.1, -0.05) is 17.5 Å². The first-order valence-electron chi connectivity index (χ1n) is 4.60. The van der Waals surface area contributed by atoms with Gasteiger partial charge >= 0.3 is 0 Å². The molecular formula is C11H9ClN2O2S. The summed E-state index contributed by atoms with van der Waals surface area (Å²) < 4.78 is 25.8. The van der Waals surface area contributed by atoms with Gasteiger partial charge in [0, 0.05) is 0 Å². The molecule has 0 aromatic heterocycles. The molecule has 0 fully saturated rings. The van der Waals surface area contributed by atoms with E-state index in [1.54, 1.807) is 6.92 Å². The summed E-state index contributed by atoms with van der Waals surface area (Å²) in [5.41, 5.74) is 0.235. The minimum Gasteiger partial charge on any atom is -0.207 e. The van der Waals surface area contributed by atoms with E-state index in [2.05, 4.69) is 16.6 Å². The van der Waals surface area contributed by atoms with E-state index < -0.39 is 10.0 Å². The number of nitrogens with one attached hydrogen (secondary N) is 1. The van der Waals surface area contributed by atoms with E-state index in [0.717, 1.165) is 0 Å². The molecular weight excluding hydrogens is 260 g/mol. The van der Waals surface area contributed by atoms with E-state index in [4.69, 9.17) is 16.9 Å². The number of benzene rings is 1. The van der Waals surface area contributed by atoms with Crippen molar-refractivity contribution in [3.63, 3.8) is 0 Å². The molecule has 17 heavy (non-hydrogen) atoms. The van der Waals surface area contributed by atoms with Gasteiger partial charge in [-0.3, -0.25) is 0 Å². The van der Waals surface area contributed by atoms with E-state index in [0.29, 0.717) is 0 Å². The summed E-state index contributed by atoms with van der Waals surface area (Å²) in [6.45, 7) is 1.66. The molecule has 0 aliphatic carbocycles. The lowest BCUT2D eigenvalue weighted by atomic mass is 10.2. The lowest BCUT2D eigenvalue weighted by molar-refractivity contribution is 0.586. The molecule has 1 aromatic rings. The van der Waals surface area contributed by atoms with E-state index in [1.807, 2.05) is 6.07 Å². The monoisotopic (exact) mass is 268 g/mol. The Morgan fingerprint density at radius 3 is 2.71 bits per heavy atom. The Balaban J connectivity index is 3.03. The number of sulfonamides is 1. The smallest absolute Gasteiger partial charge is 0.207 e. The van der Waals surface area contributed by atoms with Gasteiger partial charge in [-0.05, 0) is 25.1 Å². The predicted octanol–water partition coefficient (Wildman–Crippen LogP) is 1.51. The lowest BCUT2D eigenvalue weighted by Crippen LogP contribution is -2.24. The molecule has 1 aromatic carbocycles. The SMILES string of the molecule is CC#CCNS(=O)(=O)c1ccc(C#N)c(Cl)c1. The zero-order chi connectivity index (χ0) is 12.9. The van der Waals surface area contributed by atoms with Gasteiger partial charge in [-0.15, -0.1) is 5.92 Å². The average molecular weight is 269 g/mol. The Hall–Kier alpha value is -1.53. The summed E-state index contributed by atoms with van der Waals surface area (Å²) in [6.07, 6.45) is 0. The van der Waals surface area contributed by atoms with E-state index in [1.165, 1.54) is 18.2 Å². The van der Waals surface area contributed by atoms with Crippen molar-refractivity contribution in [2.75, 3.05) is 6.54 Å². The highest BCUT2D eigenvalue weighted by Crippen LogP contribution is 2.19. The molecule has 0 saturated carbocycles. The third-order valence-electron chi connectivity index (χ3n) is 1.90. The number of rotatable bonds is 3. The minimum atomic E-state index is -3.63. The van der Waals surface area contributed by atoms with Crippen molar-refractivity contribution < 1.29 is 8.42 Å². The number of nitriles is 1. The molecule has 0 aliphatic rings. The Bertz CT molecular complexity index is 621. The molecule has 6 heteroatoms. The fourth-order valence-electron chi connectivity index (χ4n) is 1.06. The number of halogens is 1. The van der Waals surface area contributed by atoms with Crippen LogP contribution in [0.2, 0.25) is 5.02 Å². The van der Waals surface area contributed by atoms with Crippen molar-refractivity contribution in [1.29, 1.82) is 5.26 Å². The molecule has 0 saturated heterocycles. The quantitative estimate of drug-likeness (QED) is 0.845. The van der Waals surface area contributed by atoms with Crippen LogP contribution in [0.25, 0.3) is 0 Å². The van der Waals surface area contributed by atoms with Crippen molar-refractivity contribution in [3.05, 3.63) is 28.8 Å². The molecule has 0 unspecified atom stereocenters. The number of hydrogen-bond donors (Lipinski definition) is 1. The molecule has 1 N–H and O–H groups in total. The van der Waals surface area contributed by atoms with Gasteiger partial charge in [-0.25, -0.2) is 8.42 Å². The summed E-state index contributed by atoms with van der Waals surface area (Å²) in [5.74, 6) is 5.16. The Morgan fingerprint density at radius 1 is 1.47 bits per heavy atom. The second-order valence-corrected chi connectivity index (χ2v) is 5.18. The molecule has 0 aliphatic heterocycles. The van der Waals surface area contributed by atoms with Gasteiger partial charge in [0.15, 0.2) is 0 Å². The first kappa shape index (κ1) is 13.5. The molecule has 88 valence electrons. The molecule has 0 heterocycles. The molecule has 0 amide bonds. The summed E-state index contributed by atoms with van der Waals surface area (Å²) >= 11 is 5.75. The molecule has 0 spiro atoms. The highest BCUT2D eigenvalue weighted by atomic mass is 35.5. The fraction of sp³-hybridized carbons (Fsp3) is 0.182. The molecule has 4 nitrogen and oxygen atoms in total. The van der Waals surface area contributed by atoms with Crippen LogP contribution < -0.4 is 4.72 Å². The summed E-state index contributed by atoms with van der Waals surface area (Å²) in [7, 11) is -3.63. The second kappa shape index (κ2) is 5.70. The Labute approximate surface area is 105 Å².